The molecule has 1 aromatic carbocycles. The molecule has 0 amide bonds. The van der Waals surface area contributed by atoms with Gasteiger partial charge in [0.25, 0.3) is 0 Å². The van der Waals surface area contributed by atoms with Gasteiger partial charge >= 0.3 is 0 Å². The van der Waals surface area contributed by atoms with Crippen LogP contribution in [-0.4, -0.2) is 39.0 Å². The lowest BCUT2D eigenvalue weighted by Crippen LogP contribution is -2.39. The second-order valence-corrected chi connectivity index (χ2v) is 5.41. The van der Waals surface area contributed by atoms with Gasteiger partial charge in [-0.25, -0.2) is 0 Å². The van der Waals surface area contributed by atoms with Crippen LogP contribution in [0.15, 0.2) is 18.2 Å². The van der Waals surface area contributed by atoms with Crippen molar-refractivity contribution in [3.63, 3.8) is 0 Å². The van der Waals surface area contributed by atoms with Gasteiger partial charge in [0.05, 0.1) is 33.4 Å². The van der Waals surface area contributed by atoms with Crippen LogP contribution in [0.3, 0.4) is 0 Å². The molecule has 21 heavy (non-hydrogen) atoms. The SMILES string of the molecule is COc1cccc(C2CC3(CCC2=O)OCCO3)c1OC. The second-order valence-electron chi connectivity index (χ2n) is 5.41. The van der Waals surface area contributed by atoms with Crippen LogP contribution in [-0.2, 0) is 14.3 Å². The van der Waals surface area contributed by atoms with E-state index in [4.69, 9.17) is 18.9 Å². The third-order valence-electron chi connectivity index (χ3n) is 4.28. The van der Waals surface area contributed by atoms with E-state index < -0.39 is 5.79 Å². The fraction of sp³-hybridized carbons (Fsp3) is 0.562. The fourth-order valence-electron chi connectivity index (χ4n) is 3.24. The predicted molar refractivity (Wildman–Crippen MR) is 75.8 cm³/mol. The van der Waals surface area contributed by atoms with E-state index in [2.05, 4.69) is 0 Å². The van der Waals surface area contributed by atoms with Crippen molar-refractivity contribution in [2.75, 3.05) is 27.4 Å². The first kappa shape index (κ1) is 14.4. The Morgan fingerprint density at radius 1 is 1.19 bits per heavy atom. The van der Waals surface area contributed by atoms with Gasteiger partial charge in [0.15, 0.2) is 17.3 Å². The number of methoxy groups -OCH3 is 2. The lowest BCUT2D eigenvalue weighted by Gasteiger charge is -2.35. The molecule has 114 valence electrons. The number of hydrogen-bond donors (Lipinski definition) is 0. The maximum absolute atomic E-state index is 12.4. The zero-order chi connectivity index (χ0) is 14.9. The van der Waals surface area contributed by atoms with Crippen LogP contribution in [0.4, 0.5) is 0 Å². The lowest BCUT2D eigenvalue weighted by molar-refractivity contribution is -0.183. The number of carbonyl (C=O) groups is 1. The molecular weight excluding hydrogens is 272 g/mol. The molecule has 1 saturated heterocycles. The summed E-state index contributed by atoms with van der Waals surface area (Å²) in [7, 11) is 3.18. The minimum Gasteiger partial charge on any atom is -0.493 e. The first-order chi connectivity index (χ1) is 10.2. The highest BCUT2D eigenvalue weighted by molar-refractivity contribution is 5.87. The summed E-state index contributed by atoms with van der Waals surface area (Å²) in [5.74, 6) is 0.574. The molecule has 1 aliphatic carbocycles. The fourth-order valence-corrected chi connectivity index (χ4v) is 3.24. The molecule has 1 aliphatic heterocycles. The van der Waals surface area contributed by atoms with Gasteiger partial charge < -0.3 is 18.9 Å². The molecular formula is C16H20O5. The number of benzene rings is 1. The summed E-state index contributed by atoms with van der Waals surface area (Å²) in [4.78, 5) is 12.4. The number of rotatable bonds is 3. The second kappa shape index (κ2) is 5.66. The molecule has 0 aromatic heterocycles. The van der Waals surface area contributed by atoms with Crippen LogP contribution in [0, 0.1) is 0 Å². The summed E-state index contributed by atoms with van der Waals surface area (Å²) in [6.45, 7) is 1.19. The zero-order valence-electron chi connectivity index (χ0n) is 12.4. The van der Waals surface area contributed by atoms with Gasteiger partial charge in [-0.15, -0.1) is 0 Å². The van der Waals surface area contributed by atoms with Crippen molar-refractivity contribution in [3.8, 4) is 11.5 Å². The molecule has 1 heterocycles. The first-order valence-corrected chi connectivity index (χ1v) is 7.20. The maximum atomic E-state index is 12.4. The van der Waals surface area contributed by atoms with Crippen molar-refractivity contribution in [1.82, 2.24) is 0 Å². The summed E-state index contributed by atoms with van der Waals surface area (Å²) in [5.41, 5.74) is 0.847. The largest absolute Gasteiger partial charge is 0.493 e. The minimum absolute atomic E-state index is 0.200. The molecule has 0 radical (unpaired) electrons. The number of ketones is 1. The molecule has 2 aliphatic rings. The van der Waals surface area contributed by atoms with Gasteiger partial charge in [0.2, 0.25) is 0 Å². The van der Waals surface area contributed by atoms with Gasteiger partial charge in [0.1, 0.15) is 5.78 Å². The molecule has 5 nitrogen and oxygen atoms in total. The average molecular weight is 292 g/mol. The number of para-hydroxylation sites is 1. The molecule has 3 rings (SSSR count). The number of carbonyl (C=O) groups excluding carboxylic acids is 1. The van der Waals surface area contributed by atoms with E-state index in [0.29, 0.717) is 44.0 Å². The summed E-state index contributed by atoms with van der Waals surface area (Å²) in [6, 6.07) is 5.62. The highest BCUT2D eigenvalue weighted by Gasteiger charge is 2.46. The van der Waals surface area contributed by atoms with Crippen LogP contribution >= 0.6 is 0 Å². The van der Waals surface area contributed by atoms with E-state index in [1.165, 1.54) is 0 Å². The molecule has 2 fully saturated rings. The normalized spacial score (nSPS) is 24.3. The number of hydrogen-bond acceptors (Lipinski definition) is 5. The monoisotopic (exact) mass is 292 g/mol. The highest BCUT2D eigenvalue weighted by Crippen LogP contribution is 2.45. The van der Waals surface area contributed by atoms with Gasteiger partial charge in [-0.2, -0.15) is 0 Å². The Morgan fingerprint density at radius 2 is 1.95 bits per heavy atom. The van der Waals surface area contributed by atoms with Crippen LogP contribution in [0.5, 0.6) is 11.5 Å². The molecule has 1 spiro atoms. The molecule has 1 aromatic rings. The van der Waals surface area contributed by atoms with Crippen LogP contribution < -0.4 is 9.47 Å². The Hall–Kier alpha value is -1.59. The zero-order valence-corrected chi connectivity index (χ0v) is 12.4. The number of ether oxygens (including phenoxy) is 4. The van der Waals surface area contributed by atoms with Crippen molar-refractivity contribution in [1.29, 1.82) is 0 Å². The minimum atomic E-state index is -0.604. The molecule has 1 atom stereocenters. The van der Waals surface area contributed by atoms with Crippen molar-refractivity contribution >= 4 is 5.78 Å². The quantitative estimate of drug-likeness (QED) is 0.855. The predicted octanol–water partition coefficient (Wildman–Crippen LogP) is 2.28. The van der Waals surface area contributed by atoms with E-state index in [1.54, 1.807) is 14.2 Å². The first-order valence-electron chi connectivity index (χ1n) is 7.20. The molecule has 1 unspecified atom stereocenters. The lowest BCUT2D eigenvalue weighted by atomic mass is 9.79. The van der Waals surface area contributed by atoms with Gasteiger partial charge in [0, 0.05) is 24.8 Å². The summed E-state index contributed by atoms with van der Waals surface area (Å²) < 4.78 is 22.3. The standard InChI is InChI=1S/C16H20O5/c1-18-14-5-3-4-11(15(14)19-2)12-10-16(7-6-13(12)17)20-8-9-21-16/h3-5,12H,6-10H2,1-2H3. The van der Waals surface area contributed by atoms with E-state index >= 15 is 0 Å². The smallest absolute Gasteiger partial charge is 0.169 e. The van der Waals surface area contributed by atoms with Crippen LogP contribution in [0.2, 0.25) is 0 Å². The maximum Gasteiger partial charge on any atom is 0.169 e. The summed E-state index contributed by atoms with van der Waals surface area (Å²) in [6.07, 6.45) is 1.63. The van der Waals surface area contributed by atoms with Gasteiger partial charge in [-0.05, 0) is 6.07 Å². The van der Waals surface area contributed by atoms with Crippen molar-refractivity contribution in [3.05, 3.63) is 23.8 Å². The number of Topliss-reactive ketones (excluding diaryl/α,β-unsaturated/α-hetero) is 1. The molecule has 1 saturated carbocycles. The van der Waals surface area contributed by atoms with Crippen LogP contribution in [0.1, 0.15) is 30.7 Å². The Labute approximate surface area is 124 Å². The Morgan fingerprint density at radius 3 is 2.62 bits per heavy atom. The van der Waals surface area contributed by atoms with E-state index in [1.807, 2.05) is 18.2 Å². The topological polar surface area (TPSA) is 54.0 Å². The average Bonchev–Trinajstić information content (AvgIpc) is 2.97. The van der Waals surface area contributed by atoms with E-state index in [-0.39, 0.29) is 11.7 Å². The molecule has 0 N–H and O–H groups in total. The van der Waals surface area contributed by atoms with E-state index in [0.717, 1.165) is 5.56 Å². The van der Waals surface area contributed by atoms with Crippen LogP contribution in [0.25, 0.3) is 0 Å². The summed E-state index contributed by atoms with van der Waals surface area (Å²) in [5, 5.41) is 0. The van der Waals surface area contributed by atoms with Gasteiger partial charge in [-0.3, -0.25) is 4.79 Å². The van der Waals surface area contributed by atoms with Gasteiger partial charge in [-0.1, -0.05) is 12.1 Å². The molecule has 5 heteroatoms. The Kier molecular flexibility index (Phi) is 3.87. The van der Waals surface area contributed by atoms with Crippen molar-refractivity contribution in [2.24, 2.45) is 0 Å². The van der Waals surface area contributed by atoms with E-state index in [9.17, 15) is 4.79 Å². The third kappa shape index (κ3) is 2.51. The Balaban J connectivity index is 1.96. The van der Waals surface area contributed by atoms with Crippen molar-refractivity contribution < 1.29 is 23.7 Å². The third-order valence-corrected chi connectivity index (χ3v) is 4.28. The Bertz CT molecular complexity index is 533. The summed E-state index contributed by atoms with van der Waals surface area (Å²) >= 11 is 0. The molecule has 0 bridgehead atoms. The van der Waals surface area contributed by atoms with Crippen molar-refractivity contribution in [2.45, 2.75) is 31.0 Å². The highest BCUT2D eigenvalue weighted by atomic mass is 16.7.